The zero-order valence-electron chi connectivity index (χ0n) is 25.4. The molecule has 0 radical (unpaired) electrons. The predicted molar refractivity (Wildman–Crippen MR) is 164 cm³/mol. The Morgan fingerprint density at radius 1 is 1.05 bits per heavy atom. The van der Waals surface area contributed by atoms with E-state index in [2.05, 4.69) is 10.2 Å². The molecule has 0 saturated carbocycles. The van der Waals surface area contributed by atoms with E-state index in [9.17, 15) is 19.2 Å². The predicted octanol–water partition coefficient (Wildman–Crippen LogP) is 2.43. The number of carbonyl (C=O) groups excluding carboxylic acids is 4. The summed E-state index contributed by atoms with van der Waals surface area (Å²) in [6.45, 7) is 4.66. The van der Waals surface area contributed by atoms with Gasteiger partial charge in [-0.3, -0.25) is 19.2 Å². The highest BCUT2D eigenvalue weighted by Crippen LogP contribution is 2.35. The van der Waals surface area contributed by atoms with E-state index in [0.717, 1.165) is 28.4 Å². The number of hydrogen-bond acceptors (Lipinski definition) is 7. The molecule has 7 rings (SSSR count). The van der Waals surface area contributed by atoms with Crippen molar-refractivity contribution in [1.29, 1.82) is 0 Å². The Labute approximate surface area is 257 Å². The van der Waals surface area contributed by atoms with Crippen LogP contribution in [-0.2, 0) is 20.8 Å². The smallest absolute Gasteiger partial charge is 0.253 e. The van der Waals surface area contributed by atoms with Gasteiger partial charge < -0.3 is 24.9 Å². The van der Waals surface area contributed by atoms with Crippen LogP contribution in [0.5, 0.6) is 0 Å². The van der Waals surface area contributed by atoms with E-state index in [1.807, 2.05) is 56.3 Å². The molecular formula is C32H42N6O4S. The Balaban J connectivity index is 1.30. The van der Waals surface area contributed by atoms with Crippen LogP contribution in [0.25, 0.3) is 0 Å². The van der Waals surface area contributed by atoms with Crippen molar-refractivity contribution < 1.29 is 19.2 Å². The Morgan fingerprint density at radius 3 is 2.42 bits per heavy atom. The summed E-state index contributed by atoms with van der Waals surface area (Å²) in [5.41, 5.74) is 0.604. The van der Waals surface area contributed by atoms with Crippen LogP contribution in [-0.4, -0.2) is 113 Å². The van der Waals surface area contributed by atoms with Crippen molar-refractivity contribution in [3.8, 4) is 0 Å². The van der Waals surface area contributed by atoms with Gasteiger partial charge in [-0.15, -0.1) is 11.3 Å². The van der Waals surface area contributed by atoms with E-state index in [0.29, 0.717) is 57.5 Å². The number of likely N-dealkylation sites (tertiary alicyclic amines) is 1. The fourth-order valence-corrected chi connectivity index (χ4v) is 8.28. The van der Waals surface area contributed by atoms with Gasteiger partial charge in [-0.1, -0.05) is 18.2 Å². The molecule has 2 aromatic rings. The number of thiazole rings is 1. The van der Waals surface area contributed by atoms with Crippen molar-refractivity contribution >= 4 is 35.0 Å². The molecule has 10 nitrogen and oxygen atoms in total. The van der Waals surface area contributed by atoms with E-state index < -0.39 is 11.6 Å². The van der Waals surface area contributed by atoms with Gasteiger partial charge in [-0.25, -0.2) is 4.98 Å². The molecule has 3 saturated heterocycles. The van der Waals surface area contributed by atoms with Crippen molar-refractivity contribution in [2.24, 2.45) is 0 Å². The number of aromatic nitrogens is 1. The van der Waals surface area contributed by atoms with Gasteiger partial charge in [0.2, 0.25) is 17.7 Å². The summed E-state index contributed by atoms with van der Waals surface area (Å²) in [5.74, 6) is -0.0144. The number of amides is 4. The molecule has 43 heavy (non-hydrogen) atoms. The van der Waals surface area contributed by atoms with Crippen molar-refractivity contribution in [1.82, 2.24) is 29.9 Å². The summed E-state index contributed by atoms with van der Waals surface area (Å²) in [5, 5.41) is 4.31. The van der Waals surface area contributed by atoms with E-state index in [4.69, 9.17) is 4.98 Å². The minimum Gasteiger partial charge on any atom is -0.350 e. The fraction of sp³-hybridized carbons (Fsp3) is 0.594. The number of fused-ring (bicyclic) bond motifs is 5. The second-order valence-electron chi connectivity index (χ2n) is 12.9. The summed E-state index contributed by atoms with van der Waals surface area (Å²) >= 11 is 1.66. The molecule has 5 aliphatic heterocycles. The number of piperidine rings is 2. The van der Waals surface area contributed by atoms with Crippen LogP contribution in [0.4, 0.5) is 0 Å². The van der Waals surface area contributed by atoms with Crippen LogP contribution in [0.15, 0.2) is 30.3 Å². The lowest BCUT2D eigenvalue weighted by atomic mass is 9.83. The van der Waals surface area contributed by atoms with Crippen molar-refractivity contribution in [3.05, 3.63) is 51.5 Å². The summed E-state index contributed by atoms with van der Waals surface area (Å²) < 4.78 is 0. The summed E-state index contributed by atoms with van der Waals surface area (Å²) in [7, 11) is 3.99. The standard InChI is InChI=1S/C32H42N6O4S/c1-21-25-18-27(39)34-32(11-15-37(16-12-32)30(41)23-7-5-4-6-8-23)19-28(40)38-20-24(35(2)3)17-26(38)31(42)36-13-9-22(10-14-36)29(33-25)43-21/h4-8,22,24,26H,9-20H2,1-3H3,(H,34,39)/t24-,26-/m0/s1. The van der Waals surface area contributed by atoms with E-state index in [-0.39, 0.29) is 48.4 Å². The lowest BCUT2D eigenvalue weighted by molar-refractivity contribution is -0.145. The average Bonchev–Trinajstić information content (AvgIpc) is 3.61. The molecule has 11 heteroatoms. The number of likely N-dealkylation sites (N-methyl/N-ethyl adjacent to an activating group) is 1. The lowest BCUT2D eigenvalue weighted by Gasteiger charge is -2.43. The third kappa shape index (κ3) is 6.06. The number of hydrogen-bond donors (Lipinski definition) is 1. The zero-order chi connectivity index (χ0) is 30.3. The Bertz CT molecular complexity index is 1380. The van der Waals surface area contributed by atoms with E-state index >= 15 is 0 Å². The molecular weight excluding hydrogens is 564 g/mol. The number of benzene rings is 1. The van der Waals surface area contributed by atoms with Gasteiger partial charge in [0.25, 0.3) is 5.91 Å². The molecule has 5 aliphatic rings. The Hall–Kier alpha value is -3.31. The lowest BCUT2D eigenvalue weighted by Crippen LogP contribution is -2.59. The maximum absolute atomic E-state index is 14.2. The molecule has 4 amide bonds. The van der Waals surface area contributed by atoms with Crippen molar-refractivity contribution in [2.75, 3.05) is 46.8 Å². The molecule has 1 spiro atoms. The first-order valence-electron chi connectivity index (χ1n) is 15.5. The van der Waals surface area contributed by atoms with Gasteiger partial charge in [0.15, 0.2) is 0 Å². The molecule has 1 aromatic heterocycles. The maximum Gasteiger partial charge on any atom is 0.253 e. The summed E-state index contributed by atoms with van der Waals surface area (Å²) in [6.07, 6.45) is 3.46. The van der Waals surface area contributed by atoms with Crippen LogP contribution >= 0.6 is 11.3 Å². The third-order valence-electron chi connectivity index (χ3n) is 9.93. The van der Waals surface area contributed by atoms with Gasteiger partial charge in [-0.05, 0) is 65.3 Å². The number of nitrogens with one attached hydrogen (secondary N) is 1. The largest absolute Gasteiger partial charge is 0.350 e. The van der Waals surface area contributed by atoms with E-state index in [1.165, 1.54) is 0 Å². The second kappa shape index (κ2) is 12.0. The van der Waals surface area contributed by atoms with Crippen LogP contribution < -0.4 is 5.32 Å². The van der Waals surface area contributed by atoms with Gasteiger partial charge in [0.05, 0.1) is 29.1 Å². The van der Waals surface area contributed by atoms with E-state index in [1.54, 1.807) is 21.1 Å². The average molecular weight is 607 g/mol. The molecule has 1 N–H and O–H groups in total. The summed E-state index contributed by atoms with van der Waals surface area (Å²) in [6, 6.07) is 8.78. The van der Waals surface area contributed by atoms with Gasteiger partial charge in [0, 0.05) is 55.1 Å². The van der Waals surface area contributed by atoms with Gasteiger partial charge in [0.1, 0.15) is 6.04 Å². The van der Waals surface area contributed by atoms with Gasteiger partial charge in [-0.2, -0.15) is 0 Å². The second-order valence-corrected chi connectivity index (χ2v) is 14.1. The highest BCUT2D eigenvalue weighted by molar-refractivity contribution is 7.11. The van der Waals surface area contributed by atoms with Crippen LogP contribution in [0.2, 0.25) is 0 Å². The van der Waals surface area contributed by atoms with Crippen LogP contribution in [0.3, 0.4) is 0 Å². The molecule has 6 heterocycles. The van der Waals surface area contributed by atoms with Gasteiger partial charge >= 0.3 is 0 Å². The first-order valence-corrected chi connectivity index (χ1v) is 16.3. The molecule has 2 atom stereocenters. The highest BCUT2D eigenvalue weighted by Gasteiger charge is 2.46. The minimum atomic E-state index is -0.811. The molecule has 230 valence electrons. The first kappa shape index (κ1) is 29.7. The number of aryl methyl sites for hydroxylation is 1. The van der Waals surface area contributed by atoms with Crippen molar-refractivity contribution in [3.63, 3.8) is 0 Å². The maximum atomic E-state index is 14.2. The molecule has 4 bridgehead atoms. The molecule has 0 aliphatic carbocycles. The monoisotopic (exact) mass is 606 g/mol. The number of nitrogens with zero attached hydrogens (tertiary/aromatic N) is 5. The minimum absolute atomic E-state index is 0.0283. The number of rotatable bonds is 2. The third-order valence-corrected chi connectivity index (χ3v) is 11.1. The molecule has 3 fully saturated rings. The fourth-order valence-electron chi connectivity index (χ4n) is 7.17. The zero-order valence-corrected chi connectivity index (χ0v) is 26.2. The van der Waals surface area contributed by atoms with Crippen LogP contribution in [0.1, 0.15) is 70.4 Å². The van der Waals surface area contributed by atoms with Crippen LogP contribution in [0, 0.1) is 6.92 Å². The normalized spacial score (nSPS) is 25.0. The number of carbonyl (C=O) groups is 4. The quantitative estimate of drug-likeness (QED) is 0.563. The topological polar surface area (TPSA) is 106 Å². The Kier molecular flexibility index (Phi) is 8.30. The highest BCUT2D eigenvalue weighted by atomic mass is 32.1. The first-order chi connectivity index (χ1) is 20.6. The summed E-state index contributed by atoms with van der Waals surface area (Å²) in [4.78, 5) is 68.5. The molecule has 0 unspecified atom stereocenters. The molecule has 1 aromatic carbocycles. The SMILES string of the molecule is Cc1sc2nc1CC(=O)NC1(CCN(C(=O)c3ccccc3)CC1)CC(=O)N1C[C@@H](N(C)C)C[C@H]1C(=O)N1CCC2CC1. The van der Waals surface area contributed by atoms with Crippen molar-refractivity contribution in [2.45, 2.75) is 75.4 Å². The Morgan fingerprint density at radius 2 is 1.74 bits per heavy atom.